The molecule has 0 bridgehead atoms. The molecule has 3 heteroatoms. The molecule has 0 atom stereocenters. The number of benzene rings is 2. The predicted molar refractivity (Wildman–Crippen MR) is 107 cm³/mol. The molecular formula is C22H24BrNO. The molecule has 2 aromatic carbocycles. The summed E-state index contributed by atoms with van der Waals surface area (Å²) in [6.07, 6.45) is 2.03. The molecule has 0 unspecified atom stereocenters. The zero-order valence-corrected chi connectivity index (χ0v) is 16.6. The Morgan fingerprint density at radius 2 is 1.68 bits per heavy atom. The lowest BCUT2D eigenvalue weighted by molar-refractivity contribution is -0.130. The van der Waals surface area contributed by atoms with Crippen molar-refractivity contribution in [3.8, 4) is 0 Å². The average molecular weight is 398 g/mol. The maximum Gasteiger partial charge on any atom is 0.243 e. The van der Waals surface area contributed by atoms with Crippen molar-refractivity contribution in [2.24, 2.45) is 0 Å². The van der Waals surface area contributed by atoms with Crippen molar-refractivity contribution < 1.29 is 4.79 Å². The molecule has 2 aromatic rings. The van der Waals surface area contributed by atoms with Gasteiger partial charge in [0.15, 0.2) is 0 Å². The Hall–Kier alpha value is -1.87. The smallest absolute Gasteiger partial charge is 0.243 e. The SMILES string of the molecule is CC1=C(N(Cc2ccccc2)C(=O)C(C)(C)Br)c2ccccc2CC1. The van der Waals surface area contributed by atoms with Crippen molar-refractivity contribution in [1.29, 1.82) is 0 Å². The highest BCUT2D eigenvalue weighted by Gasteiger charge is 2.33. The number of fused-ring (bicyclic) bond motifs is 1. The molecule has 1 aliphatic rings. The van der Waals surface area contributed by atoms with Crippen molar-refractivity contribution >= 4 is 27.5 Å². The van der Waals surface area contributed by atoms with Crippen LogP contribution in [0, 0.1) is 0 Å². The van der Waals surface area contributed by atoms with Crippen molar-refractivity contribution in [3.05, 3.63) is 76.9 Å². The lowest BCUT2D eigenvalue weighted by atomic mass is 9.88. The van der Waals surface area contributed by atoms with Gasteiger partial charge in [-0.2, -0.15) is 0 Å². The van der Waals surface area contributed by atoms with Crippen LogP contribution >= 0.6 is 15.9 Å². The fraction of sp³-hybridized carbons (Fsp3) is 0.318. The normalized spacial score (nSPS) is 14.2. The molecule has 130 valence electrons. The van der Waals surface area contributed by atoms with Crippen molar-refractivity contribution in [1.82, 2.24) is 4.90 Å². The van der Waals surface area contributed by atoms with Crippen LogP contribution in [0.3, 0.4) is 0 Å². The zero-order valence-electron chi connectivity index (χ0n) is 15.1. The Labute approximate surface area is 158 Å². The molecule has 2 nitrogen and oxygen atoms in total. The molecule has 0 saturated heterocycles. The van der Waals surface area contributed by atoms with Crippen LogP contribution in [-0.4, -0.2) is 15.1 Å². The standard InChI is InChI=1S/C22H24BrNO/c1-16-13-14-18-11-7-8-12-19(18)20(16)24(21(25)22(2,3)23)15-17-9-5-4-6-10-17/h4-12H,13-15H2,1-3H3. The summed E-state index contributed by atoms with van der Waals surface area (Å²) in [5.74, 6) is 0.0856. The highest BCUT2D eigenvalue weighted by Crippen LogP contribution is 2.36. The van der Waals surface area contributed by atoms with Gasteiger partial charge in [0.25, 0.3) is 0 Å². The van der Waals surface area contributed by atoms with E-state index in [1.165, 1.54) is 16.7 Å². The maximum atomic E-state index is 13.3. The minimum Gasteiger partial charge on any atom is -0.306 e. The van der Waals surface area contributed by atoms with E-state index in [9.17, 15) is 4.79 Å². The van der Waals surface area contributed by atoms with Crippen molar-refractivity contribution in [2.45, 2.75) is 44.5 Å². The fourth-order valence-corrected chi connectivity index (χ4v) is 3.57. The number of hydrogen-bond acceptors (Lipinski definition) is 1. The highest BCUT2D eigenvalue weighted by atomic mass is 79.9. The van der Waals surface area contributed by atoms with Gasteiger partial charge in [-0.3, -0.25) is 4.79 Å². The zero-order chi connectivity index (χ0) is 18.0. The molecule has 0 saturated carbocycles. The first-order valence-corrected chi connectivity index (χ1v) is 9.50. The molecule has 0 spiro atoms. The van der Waals surface area contributed by atoms with Crippen molar-refractivity contribution in [2.75, 3.05) is 0 Å². The van der Waals surface area contributed by atoms with Crippen LogP contribution in [0.15, 0.2) is 60.2 Å². The number of alkyl halides is 1. The molecule has 0 heterocycles. The molecular weight excluding hydrogens is 374 g/mol. The van der Waals surface area contributed by atoms with Gasteiger partial charge in [0.2, 0.25) is 5.91 Å². The van der Waals surface area contributed by atoms with E-state index in [1.54, 1.807) is 0 Å². The lowest BCUT2D eigenvalue weighted by Gasteiger charge is -2.35. The number of nitrogens with zero attached hydrogens (tertiary/aromatic N) is 1. The predicted octanol–water partition coefficient (Wildman–Crippen LogP) is 5.57. The van der Waals surface area contributed by atoms with Gasteiger partial charge in [-0.1, -0.05) is 70.5 Å². The van der Waals surface area contributed by atoms with E-state index in [1.807, 2.05) is 36.9 Å². The molecule has 0 radical (unpaired) electrons. The molecule has 0 N–H and O–H groups in total. The number of hydrogen-bond donors (Lipinski definition) is 0. The minimum atomic E-state index is -0.610. The van der Waals surface area contributed by atoms with E-state index in [2.05, 4.69) is 59.3 Å². The van der Waals surface area contributed by atoms with Crippen molar-refractivity contribution in [3.63, 3.8) is 0 Å². The number of allylic oxidation sites excluding steroid dienone is 1. The van der Waals surface area contributed by atoms with Gasteiger partial charge in [0, 0.05) is 5.56 Å². The average Bonchev–Trinajstić information content (AvgIpc) is 2.60. The van der Waals surface area contributed by atoms with Crippen LogP contribution < -0.4 is 0 Å². The third kappa shape index (κ3) is 3.87. The molecule has 25 heavy (non-hydrogen) atoms. The second-order valence-electron chi connectivity index (χ2n) is 7.14. The molecule has 1 aliphatic carbocycles. The van der Waals surface area contributed by atoms with Gasteiger partial charge in [0.1, 0.15) is 0 Å². The second kappa shape index (κ2) is 7.17. The Kier molecular flexibility index (Phi) is 5.14. The molecule has 0 fully saturated rings. The van der Waals surface area contributed by atoms with Gasteiger partial charge in [-0.05, 0) is 50.3 Å². The first-order chi connectivity index (χ1) is 11.9. The summed E-state index contributed by atoms with van der Waals surface area (Å²) in [4.78, 5) is 15.2. The van der Waals surface area contributed by atoms with Gasteiger partial charge in [-0.25, -0.2) is 0 Å². The van der Waals surface area contributed by atoms with Crippen LogP contribution in [0.1, 0.15) is 43.9 Å². The number of rotatable bonds is 4. The van der Waals surface area contributed by atoms with Gasteiger partial charge >= 0.3 is 0 Å². The topological polar surface area (TPSA) is 20.3 Å². The summed E-state index contributed by atoms with van der Waals surface area (Å²) in [6, 6.07) is 18.6. The first-order valence-electron chi connectivity index (χ1n) is 8.71. The Morgan fingerprint density at radius 3 is 2.36 bits per heavy atom. The maximum absolute atomic E-state index is 13.3. The van der Waals surface area contributed by atoms with Crippen LogP contribution in [0.25, 0.3) is 5.70 Å². The van der Waals surface area contributed by atoms with E-state index < -0.39 is 4.32 Å². The number of halogens is 1. The fourth-order valence-electron chi connectivity index (χ4n) is 3.35. The lowest BCUT2D eigenvalue weighted by Crippen LogP contribution is -2.41. The monoisotopic (exact) mass is 397 g/mol. The Balaban J connectivity index is 2.09. The van der Waals surface area contributed by atoms with Gasteiger partial charge in [-0.15, -0.1) is 0 Å². The third-order valence-electron chi connectivity index (χ3n) is 4.65. The summed E-state index contributed by atoms with van der Waals surface area (Å²) < 4.78 is -0.610. The number of carbonyl (C=O) groups excluding carboxylic acids is 1. The molecule has 0 aromatic heterocycles. The third-order valence-corrected chi connectivity index (χ3v) is 4.99. The summed E-state index contributed by atoms with van der Waals surface area (Å²) in [6.45, 7) is 6.56. The van der Waals surface area contributed by atoms with Crippen LogP contribution in [-0.2, 0) is 17.8 Å². The Bertz CT molecular complexity index is 802. The summed E-state index contributed by atoms with van der Waals surface area (Å²) in [7, 11) is 0. The van der Waals surface area contributed by atoms with E-state index in [-0.39, 0.29) is 5.91 Å². The van der Waals surface area contributed by atoms with Crippen LogP contribution in [0.2, 0.25) is 0 Å². The number of carbonyl (C=O) groups is 1. The summed E-state index contributed by atoms with van der Waals surface area (Å²) in [5.41, 5.74) is 5.99. The second-order valence-corrected chi connectivity index (χ2v) is 9.12. The Morgan fingerprint density at radius 1 is 1.04 bits per heavy atom. The summed E-state index contributed by atoms with van der Waals surface area (Å²) >= 11 is 3.57. The van der Waals surface area contributed by atoms with Gasteiger partial charge < -0.3 is 4.90 Å². The minimum absolute atomic E-state index is 0.0856. The quantitative estimate of drug-likeness (QED) is 0.617. The van der Waals surface area contributed by atoms with Gasteiger partial charge in [0.05, 0.1) is 16.6 Å². The van der Waals surface area contributed by atoms with E-state index >= 15 is 0 Å². The highest BCUT2D eigenvalue weighted by molar-refractivity contribution is 9.10. The van der Waals surface area contributed by atoms with E-state index in [0.717, 1.165) is 24.1 Å². The molecule has 1 amide bonds. The number of aryl methyl sites for hydroxylation is 1. The van der Waals surface area contributed by atoms with Crippen LogP contribution in [0.4, 0.5) is 0 Å². The number of amides is 1. The van der Waals surface area contributed by atoms with E-state index in [0.29, 0.717) is 6.54 Å². The molecule has 0 aliphatic heterocycles. The summed E-state index contributed by atoms with van der Waals surface area (Å²) in [5, 5.41) is 0. The molecule has 3 rings (SSSR count). The van der Waals surface area contributed by atoms with E-state index in [4.69, 9.17) is 0 Å². The largest absolute Gasteiger partial charge is 0.306 e. The van der Waals surface area contributed by atoms with Crippen LogP contribution in [0.5, 0.6) is 0 Å². The first kappa shape index (κ1) is 17.9.